The maximum atomic E-state index is 4.64. The van der Waals surface area contributed by atoms with Crippen LogP contribution in [0.4, 0.5) is 0 Å². The molecule has 1 heterocycles. The first-order valence-corrected chi connectivity index (χ1v) is 7.43. The molecule has 3 rings (SSSR count). The van der Waals surface area contributed by atoms with E-state index in [9.17, 15) is 0 Å². The van der Waals surface area contributed by atoms with E-state index < -0.39 is 0 Å². The number of nitrogens with zero attached hydrogens (tertiary/aromatic N) is 1. The summed E-state index contributed by atoms with van der Waals surface area (Å²) in [6.45, 7) is 2.01. The van der Waals surface area contributed by atoms with Crippen LogP contribution in [0.1, 0.15) is 24.3 Å². The van der Waals surface area contributed by atoms with E-state index in [0.717, 1.165) is 24.5 Å². The summed E-state index contributed by atoms with van der Waals surface area (Å²) < 4.78 is 1.29. The van der Waals surface area contributed by atoms with Crippen molar-refractivity contribution < 1.29 is 0 Å². The van der Waals surface area contributed by atoms with Crippen molar-refractivity contribution in [1.29, 1.82) is 0 Å². The maximum absolute atomic E-state index is 4.64. The standard InChI is InChI=1S/C15H18N2S/c1-2-6-12(7-3-1)10-16-11-15-17-13-8-4-5-9-14(13)18-15/h1-2,4-5,8-9,12,16H,3,6-7,10-11H2. The lowest BCUT2D eigenvalue weighted by Crippen LogP contribution is -2.23. The first-order valence-electron chi connectivity index (χ1n) is 6.62. The SMILES string of the molecule is C1=CCC(CNCc2nc3ccccc3s2)CC1. The third-order valence-electron chi connectivity index (χ3n) is 3.43. The van der Waals surface area contributed by atoms with E-state index in [1.54, 1.807) is 11.3 Å². The molecule has 1 aromatic carbocycles. The lowest BCUT2D eigenvalue weighted by atomic mass is 9.94. The van der Waals surface area contributed by atoms with Gasteiger partial charge < -0.3 is 5.32 Å². The van der Waals surface area contributed by atoms with Gasteiger partial charge in [-0.3, -0.25) is 0 Å². The summed E-state index contributed by atoms with van der Waals surface area (Å²) in [5.74, 6) is 0.810. The van der Waals surface area contributed by atoms with Gasteiger partial charge in [-0.1, -0.05) is 24.3 Å². The fourth-order valence-electron chi connectivity index (χ4n) is 2.42. The Kier molecular flexibility index (Phi) is 3.72. The van der Waals surface area contributed by atoms with Gasteiger partial charge in [0.2, 0.25) is 0 Å². The second-order valence-electron chi connectivity index (χ2n) is 4.86. The molecule has 0 fully saturated rings. The molecular weight excluding hydrogens is 240 g/mol. The number of allylic oxidation sites excluding steroid dienone is 2. The van der Waals surface area contributed by atoms with Gasteiger partial charge in [-0.2, -0.15) is 0 Å². The van der Waals surface area contributed by atoms with Crippen molar-refractivity contribution in [2.75, 3.05) is 6.54 Å². The molecule has 1 N–H and O–H groups in total. The van der Waals surface area contributed by atoms with Crippen LogP contribution in [0.2, 0.25) is 0 Å². The predicted octanol–water partition coefficient (Wildman–Crippen LogP) is 3.74. The zero-order chi connectivity index (χ0) is 12.2. The molecule has 1 atom stereocenters. The number of aromatic nitrogens is 1. The monoisotopic (exact) mass is 258 g/mol. The number of thiazole rings is 1. The largest absolute Gasteiger partial charge is 0.310 e. The summed E-state index contributed by atoms with van der Waals surface area (Å²) >= 11 is 1.80. The Balaban J connectivity index is 1.54. The van der Waals surface area contributed by atoms with Crippen molar-refractivity contribution >= 4 is 21.6 Å². The van der Waals surface area contributed by atoms with E-state index in [-0.39, 0.29) is 0 Å². The summed E-state index contributed by atoms with van der Waals surface area (Å²) in [5.41, 5.74) is 1.12. The minimum atomic E-state index is 0.810. The molecule has 0 bridgehead atoms. The van der Waals surface area contributed by atoms with Gasteiger partial charge in [-0.05, 0) is 43.9 Å². The first-order chi connectivity index (χ1) is 8.92. The van der Waals surface area contributed by atoms with Gasteiger partial charge in [0.25, 0.3) is 0 Å². The molecule has 0 spiro atoms. The smallest absolute Gasteiger partial charge is 0.108 e. The highest BCUT2D eigenvalue weighted by Gasteiger charge is 2.09. The van der Waals surface area contributed by atoms with Crippen LogP contribution in [-0.4, -0.2) is 11.5 Å². The molecule has 18 heavy (non-hydrogen) atoms. The third-order valence-corrected chi connectivity index (χ3v) is 4.46. The molecule has 0 aliphatic heterocycles. The Morgan fingerprint density at radius 2 is 2.22 bits per heavy atom. The van der Waals surface area contributed by atoms with E-state index in [2.05, 4.69) is 40.7 Å². The van der Waals surface area contributed by atoms with E-state index in [1.807, 2.05) is 6.07 Å². The topological polar surface area (TPSA) is 24.9 Å². The number of para-hydroxylation sites is 1. The molecule has 1 unspecified atom stereocenters. The van der Waals surface area contributed by atoms with Gasteiger partial charge in [0.1, 0.15) is 5.01 Å². The van der Waals surface area contributed by atoms with E-state index >= 15 is 0 Å². The molecule has 3 heteroatoms. The number of hydrogen-bond acceptors (Lipinski definition) is 3. The quantitative estimate of drug-likeness (QED) is 0.845. The van der Waals surface area contributed by atoms with Crippen LogP contribution in [0.15, 0.2) is 36.4 Å². The minimum absolute atomic E-state index is 0.810. The molecule has 1 aromatic heterocycles. The van der Waals surface area contributed by atoms with Crippen LogP contribution >= 0.6 is 11.3 Å². The van der Waals surface area contributed by atoms with Crippen LogP contribution in [0, 0.1) is 5.92 Å². The van der Waals surface area contributed by atoms with E-state index in [1.165, 1.54) is 29.0 Å². The maximum Gasteiger partial charge on any atom is 0.108 e. The minimum Gasteiger partial charge on any atom is -0.310 e. The second kappa shape index (κ2) is 5.63. The van der Waals surface area contributed by atoms with Gasteiger partial charge in [0, 0.05) is 6.54 Å². The van der Waals surface area contributed by atoms with Crippen molar-refractivity contribution in [2.24, 2.45) is 5.92 Å². The molecule has 0 radical (unpaired) electrons. The lowest BCUT2D eigenvalue weighted by molar-refractivity contribution is 0.440. The van der Waals surface area contributed by atoms with E-state index in [0.29, 0.717) is 0 Å². The highest BCUT2D eigenvalue weighted by Crippen LogP contribution is 2.21. The van der Waals surface area contributed by atoms with Crippen LogP contribution in [0.3, 0.4) is 0 Å². The number of fused-ring (bicyclic) bond motifs is 1. The van der Waals surface area contributed by atoms with E-state index in [4.69, 9.17) is 0 Å². The molecule has 94 valence electrons. The third kappa shape index (κ3) is 2.79. The summed E-state index contributed by atoms with van der Waals surface area (Å²) in [7, 11) is 0. The Morgan fingerprint density at radius 3 is 3.06 bits per heavy atom. The molecule has 0 saturated carbocycles. The zero-order valence-corrected chi connectivity index (χ0v) is 11.2. The fourth-order valence-corrected chi connectivity index (χ4v) is 3.36. The van der Waals surface area contributed by atoms with Gasteiger partial charge in [-0.15, -0.1) is 11.3 Å². The van der Waals surface area contributed by atoms with Crippen LogP contribution < -0.4 is 5.32 Å². The Labute approximate surface area is 112 Å². The van der Waals surface area contributed by atoms with Gasteiger partial charge >= 0.3 is 0 Å². The van der Waals surface area contributed by atoms with Gasteiger partial charge in [-0.25, -0.2) is 4.98 Å². The van der Waals surface area contributed by atoms with Crippen molar-refractivity contribution in [2.45, 2.75) is 25.8 Å². The Morgan fingerprint density at radius 1 is 1.28 bits per heavy atom. The summed E-state index contributed by atoms with van der Waals surface area (Å²) in [6.07, 6.45) is 8.40. The summed E-state index contributed by atoms with van der Waals surface area (Å²) in [6, 6.07) is 8.35. The molecule has 0 saturated heterocycles. The fraction of sp³-hybridized carbons (Fsp3) is 0.400. The zero-order valence-electron chi connectivity index (χ0n) is 10.4. The molecule has 2 aromatic rings. The number of benzene rings is 1. The highest BCUT2D eigenvalue weighted by molar-refractivity contribution is 7.18. The normalized spacial score (nSPS) is 19.4. The Bertz CT molecular complexity index is 511. The van der Waals surface area contributed by atoms with Crippen molar-refractivity contribution in [1.82, 2.24) is 10.3 Å². The lowest BCUT2D eigenvalue weighted by Gasteiger charge is -2.17. The molecule has 1 aliphatic carbocycles. The average Bonchev–Trinajstić information content (AvgIpc) is 2.82. The van der Waals surface area contributed by atoms with Crippen molar-refractivity contribution in [3.8, 4) is 0 Å². The summed E-state index contributed by atoms with van der Waals surface area (Å²) in [5, 5.41) is 4.74. The Hall–Kier alpha value is -1.19. The predicted molar refractivity (Wildman–Crippen MR) is 77.8 cm³/mol. The number of rotatable bonds is 4. The summed E-state index contributed by atoms with van der Waals surface area (Å²) in [4.78, 5) is 4.64. The van der Waals surface area contributed by atoms with Crippen LogP contribution in [-0.2, 0) is 6.54 Å². The molecule has 0 amide bonds. The van der Waals surface area contributed by atoms with Crippen LogP contribution in [0.25, 0.3) is 10.2 Å². The van der Waals surface area contributed by atoms with Gasteiger partial charge in [0.15, 0.2) is 0 Å². The van der Waals surface area contributed by atoms with Crippen molar-refractivity contribution in [3.63, 3.8) is 0 Å². The van der Waals surface area contributed by atoms with Crippen molar-refractivity contribution in [3.05, 3.63) is 41.4 Å². The van der Waals surface area contributed by atoms with Gasteiger partial charge in [0.05, 0.1) is 10.2 Å². The molecule has 2 nitrogen and oxygen atoms in total. The van der Waals surface area contributed by atoms with Crippen LogP contribution in [0.5, 0.6) is 0 Å². The average molecular weight is 258 g/mol. The number of nitrogens with one attached hydrogen (secondary N) is 1. The molecule has 1 aliphatic rings. The second-order valence-corrected chi connectivity index (χ2v) is 5.97. The number of hydrogen-bond donors (Lipinski definition) is 1. The highest BCUT2D eigenvalue weighted by atomic mass is 32.1. The molecular formula is C15H18N2S. The first kappa shape index (κ1) is 11.9.